The predicted octanol–water partition coefficient (Wildman–Crippen LogP) is 0.916. The Morgan fingerprint density at radius 1 is 1.18 bits per heavy atom. The summed E-state index contributed by atoms with van der Waals surface area (Å²) < 4.78 is 5.44. The summed E-state index contributed by atoms with van der Waals surface area (Å²) in [5.41, 5.74) is 2.27. The van der Waals surface area contributed by atoms with Crippen molar-refractivity contribution in [3.63, 3.8) is 0 Å². The molecular weight excluding hydrogens is 280 g/mol. The Hall–Kier alpha value is -1.69. The SMILES string of the molecule is Cc1nc2c(c(N3CCOCC3)n1)CN(C(=O)C1CC1)CC2. The molecule has 22 heavy (non-hydrogen) atoms. The van der Waals surface area contributed by atoms with Gasteiger partial charge in [0, 0.05) is 37.5 Å². The molecule has 1 aliphatic carbocycles. The molecule has 4 rings (SSSR count). The number of fused-ring (bicyclic) bond motifs is 1. The van der Waals surface area contributed by atoms with E-state index in [9.17, 15) is 4.79 Å². The van der Waals surface area contributed by atoms with Crippen LogP contribution < -0.4 is 4.90 Å². The fourth-order valence-corrected chi connectivity index (χ4v) is 3.33. The van der Waals surface area contributed by atoms with E-state index in [1.54, 1.807) is 0 Å². The Kier molecular flexibility index (Phi) is 3.48. The van der Waals surface area contributed by atoms with Crippen LogP contribution in [0.3, 0.4) is 0 Å². The van der Waals surface area contributed by atoms with Gasteiger partial charge in [-0.15, -0.1) is 0 Å². The number of rotatable bonds is 2. The molecule has 0 aromatic carbocycles. The molecule has 3 heterocycles. The quantitative estimate of drug-likeness (QED) is 0.813. The Balaban J connectivity index is 1.64. The minimum Gasteiger partial charge on any atom is -0.378 e. The van der Waals surface area contributed by atoms with E-state index in [0.717, 1.165) is 75.0 Å². The van der Waals surface area contributed by atoms with Gasteiger partial charge < -0.3 is 14.5 Å². The van der Waals surface area contributed by atoms with Crippen molar-refractivity contribution < 1.29 is 9.53 Å². The van der Waals surface area contributed by atoms with Crippen LogP contribution in [0.5, 0.6) is 0 Å². The topological polar surface area (TPSA) is 58.6 Å². The van der Waals surface area contributed by atoms with Crippen molar-refractivity contribution in [3.8, 4) is 0 Å². The van der Waals surface area contributed by atoms with Gasteiger partial charge in [0.1, 0.15) is 11.6 Å². The molecule has 6 nitrogen and oxygen atoms in total. The lowest BCUT2D eigenvalue weighted by Crippen LogP contribution is -2.41. The molecule has 0 spiro atoms. The number of amides is 1. The molecule has 2 aliphatic heterocycles. The summed E-state index contributed by atoms with van der Waals surface area (Å²) >= 11 is 0. The van der Waals surface area contributed by atoms with Gasteiger partial charge in [-0.05, 0) is 19.8 Å². The Morgan fingerprint density at radius 3 is 2.68 bits per heavy atom. The smallest absolute Gasteiger partial charge is 0.225 e. The molecule has 1 aromatic heterocycles. The van der Waals surface area contributed by atoms with Gasteiger partial charge in [0.05, 0.1) is 25.5 Å². The molecule has 2 fully saturated rings. The van der Waals surface area contributed by atoms with E-state index in [1.165, 1.54) is 0 Å². The summed E-state index contributed by atoms with van der Waals surface area (Å²) in [5, 5.41) is 0. The van der Waals surface area contributed by atoms with Crippen molar-refractivity contribution in [1.29, 1.82) is 0 Å². The molecule has 1 amide bonds. The van der Waals surface area contributed by atoms with Crippen molar-refractivity contribution in [3.05, 3.63) is 17.1 Å². The highest BCUT2D eigenvalue weighted by molar-refractivity contribution is 5.81. The fraction of sp³-hybridized carbons (Fsp3) is 0.688. The lowest BCUT2D eigenvalue weighted by Gasteiger charge is -2.34. The third-order valence-electron chi connectivity index (χ3n) is 4.70. The van der Waals surface area contributed by atoms with Gasteiger partial charge >= 0.3 is 0 Å². The Morgan fingerprint density at radius 2 is 1.95 bits per heavy atom. The minimum absolute atomic E-state index is 0.278. The molecule has 0 unspecified atom stereocenters. The van der Waals surface area contributed by atoms with E-state index in [-0.39, 0.29) is 5.92 Å². The molecular formula is C16H22N4O2. The maximum atomic E-state index is 12.4. The van der Waals surface area contributed by atoms with Gasteiger partial charge in [-0.1, -0.05) is 0 Å². The number of carbonyl (C=O) groups is 1. The number of ether oxygens (including phenoxy) is 1. The average Bonchev–Trinajstić information content (AvgIpc) is 3.39. The molecule has 118 valence electrons. The van der Waals surface area contributed by atoms with E-state index >= 15 is 0 Å². The van der Waals surface area contributed by atoms with Crippen molar-refractivity contribution in [2.45, 2.75) is 32.7 Å². The molecule has 1 saturated carbocycles. The summed E-state index contributed by atoms with van der Waals surface area (Å²) in [4.78, 5) is 26.0. The zero-order valence-corrected chi connectivity index (χ0v) is 13.0. The highest BCUT2D eigenvalue weighted by Crippen LogP contribution is 2.34. The molecule has 0 radical (unpaired) electrons. The highest BCUT2D eigenvalue weighted by Gasteiger charge is 2.36. The van der Waals surface area contributed by atoms with Crippen LogP contribution in [-0.4, -0.2) is 53.6 Å². The summed E-state index contributed by atoms with van der Waals surface area (Å²) in [6, 6.07) is 0. The number of carbonyl (C=O) groups excluding carboxylic acids is 1. The van der Waals surface area contributed by atoms with Crippen molar-refractivity contribution in [2.24, 2.45) is 5.92 Å². The van der Waals surface area contributed by atoms with Gasteiger partial charge in [0.25, 0.3) is 0 Å². The number of hydrogen-bond donors (Lipinski definition) is 0. The summed E-state index contributed by atoms with van der Waals surface area (Å²) in [7, 11) is 0. The van der Waals surface area contributed by atoms with Gasteiger partial charge in [-0.2, -0.15) is 0 Å². The molecule has 0 atom stereocenters. The van der Waals surface area contributed by atoms with Crippen LogP contribution in [0, 0.1) is 12.8 Å². The number of anilines is 1. The van der Waals surface area contributed by atoms with E-state index in [2.05, 4.69) is 14.9 Å². The van der Waals surface area contributed by atoms with E-state index in [1.807, 2.05) is 11.8 Å². The molecule has 3 aliphatic rings. The van der Waals surface area contributed by atoms with E-state index in [0.29, 0.717) is 12.5 Å². The van der Waals surface area contributed by atoms with Gasteiger partial charge in [0.2, 0.25) is 5.91 Å². The Labute approximate surface area is 130 Å². The first-order chi connectivity index (χ1) is 10.7. The van der Waals surface area contributed by atoms with Crippen molar-refractivity contribution >= 4 is 11.7 Å². The van der Waals surface area contributed by atoms with Crippen molar-refractivity contribution in [2.75, 3.05) is 37.7 Å². The first-order valence-electron chi connectivity index (χ1n) is 8.20. The first kappa shape index (κ1) is 13.9. The third kappa shape index (κ3) is 2.56. The zero-order valence-electron chi connectivity index (χ0n) is 13.0. The van der Waals surface area contributed by atoms with Gasteiger partial charge in [0.15, 0.2) is 0 Å². The third-order valence-corrected chi connectivity index (χ3v) is 4.70. The standard InChI is InChI=1S/C16H22N4O2/c1-11-17-14-4-5-20(16(21)12-2-3-12)10-13(14)15(18-11)19-6-8-22-9-7-19/h12H,2-10H2,1H3. The second kappa shape index (κ2) is 5.50. The second-order valence-corrected chi connectivity index (χ2v) is 6.40. The number of aryl methyl sites for hydroxylation is 1. The van der Waals surface area contributed by atoms with E-state index in [4.69, 9.17) is 4.74 Å². The minimum atomic E-state index is 0.278. The number of aromatic nitrogens is 2. The molecule has 6 heteroatoms. The summed E-state index contributed by atoms with van der Waals surface area (Å²) in [5.74, 6) is 2.43. The van der Waals surface area contributed by atoms with Crippen LogP contribution in [0.25, 0.3) is 0 Å². The maximum absolute atomic E-state index is 12.4. The van der Waals surface area contributed by atoms with Crippen LogP contribution in [0.15, 0.2) is 0 Å². The first-order valence-corrected chi connectivity index (χ1v) is 8.20. The van der Waals surface area contributed by atoms with Crippen LogP contribution in [0.2, 0.25) is 0 Å². The number of hydrogen-bond acceptors (Lipinski definition) is 5. The highest BCUT2D eigenvalue weighted by atomic mass is 16.5. The van der Waals surface area contributed by atoms with Crippen LogP contribution in [-0.2, 0) is 22.5 Å². The zero-order chi connectivity index (χ0) is 15.1. The average molecular weight is 302 g/mol. The molecule has 1 saturated heterocycles. The van der Waals surface area contributed by atoms with Crippen LogP contribution in [0.1, 0.15) is 29.9 Å². The van der Waals surface area contributed by atoms with Crippen LogP contribution >= 0.6 is 0 Å². The summed E-state index contributed by atoms with van der Waals surface area (Å²) in [6.07, 6.45) is 2.96. The summed E-state index contributed by atoms with van der Waals surface area (Å²) in [6.45, 7) is 6.61. The lowest BCUT2D eigenvalue weighted by molar-refractivity contribution is -0.133. The lowest BCUT2D eigenvalue weighted by atomic mass is 10.0. The number of morpholine rings is 1. The maximum Gasteiger partial charge on any atom is 0.225 e. The molecule has 0 N–H and O–H groups in total. The predicted molar refractivity (Wildman–Crippen MR) is 81.6 cm³/mol. The normalized spacial score (nSPS) is 21.7. The second-order valence-electron chi connectivity index (χ2n) is 6.40. The molecule has 0 bridgehead atoms. The van der Waals surface area contributed by atoms with Gasteiger partial charge in [-0.25, -0.2) is 9.97 Å². The monoisotopic (exact) mass is 302 g/mol. The van der Waals surface area contributed by atoms with Crippen molar-refractivity contribution in [1.82, 2.24) is 14.9 Å². The molecule has 1 aromatic rings. The Bertz CT molecular complexity index is 594. The largest absolute Gasteiger partial charge is 0.378 e. The number of nitrogens with zero attached hydrogens (tertiary/aromatic N) is 4. The van der Waals surface area contributed by atoms with Gasteiger partial charge in [-0.3, -0.25) is 4.79 Å². The van der Waals surface area contributed by atoms with Crippen LogP contribution in [0.4, 0.5) is 5.82 Å². The fourth-order valence-electron chi connectivity index (χ4n) is 3.33. The van der Waals surface area contributed by atoms with E-state index < -0.39 is 0 Å².